The topological polar surface area (TPSA) is 270 Å². The summed E-state index contributed by atoms with van der Waals surface area (Å²) in [7, 11) is 2.83. The molecule has 20 heteroatoms. The molecule has 1 saturated heterocycles. The van der Waals surface area contributed by atoms with E-state index in [4.69, 9.17) is 22.9 Å². The zero-order valence-corrected chi connectivity index (χ0v) is 45.4. The van der Waals surface area contributed by atoms with Gasteiger partial charge in [-0.1, -0.05) is 83.3 Å². The number of carboxylic acid groups (broad SMARTS) is 1. The first-order valence-corrected chi connectivity index (χ1v) is 27.7. The monoisotopic (exact) mass is 1080 g/mol. The summed E-state index contributed by atoms with van der Waals surface area (Å²) in [6.45, 7) is 2.15. The second-order valence-electron chi connectivity index (χ2n) is 19.8. The molecular weight excluding hydrogens is 1000 g/mol. The van der Waals surface area contributed by atoms with Crippen molar-refractivity contribution < 1.29 is 72.3 Å². The minimum Gasteiger partial charge on any atom is -0.478 e. The number of carbonyl (C=O) groups is 3. The molecule has 0 saturated carbocycles. The van der Waals surface area contributed by atoms with Crippen LogP contribution in [0, 0.1) is 6.92 Å². The highest BCUT2D eigenvalue weighted by molar-refractivity contribution is 7.47. The van der Waals surface area contributed by atoms with Gasteiger partial charge >= 0.3 is 13.8 Å². The van der Waals surface area contributed by atoms with E-state index >= 15 is 0 Å². The molecule has 0 radical (unpaired) electrons. The molecule has 3 aliphatic rings. The van der Waals surface area contributed by atoms with Crippen molar-refractivity contribution in [1.82, 2.24) is 9.89 Å². The minimum atomic E-state index is -4.81. The van der Waals surface area contributed by atoms with Gasteiger partial charge in [-0.25, -0.2) is 13.9 Å². The minimum absolute atomic E-state index is 0.0298. The van der Waals surface area contributed by atoms with Crippen LogP contribution in [-0.4, -0.2) is 127 Å². The Morgan fingerprint density at radius 1 is 0.803 bits per heavy atom. The lowest BCUT2D eigenvalue weighted by atomic mass is 9.89. The summed E-state index contributed by atoms with van der Waals surface area (Å²) in [6.07, 6.45) is 4.28. The summed E-state index contributed by atoms with van der Waals surface area (Å²) in [6, 6.07) is 19.0. The number of aliphatic hydroxyl groups excluding tert-OH is 4. The van der Waals surface area contributed by atoms with Gasteiger partial charge in [-0.2, -0.15) is 0 Å². The van der Waals surface area contributed by atoms with Gasteiger partial charge in [0, 0.05) is 72.5 Å². The van der Waals surface area contributed by atoms with Crippen molar-refractivity contribution in [3.63, 3.8) is 0 Å². The standard InChI is InChI=1S/C56H75N4O15P/c1-7-8-9-10-11-12-13-14-15-16-17-19-48(62)58-44-27-20-35(2)43(53(44)75-56-52(65)51(64)50(63)47(33-61)74-56)34-72-76(69,70)71-29-18-28-57-54(66)36-21-24-39(42(30-36)55(67)68)49-40-25-22-37(59(3)4)31-45(40)73-46-32-38(60(5)6)23-26-41(46)49/h20-27,30-32,47,50-52,56,61,63-65H,7-19,28-29,33-34H2,1-6H3,(H3-,57,58,62,66,67,68,69,70)/p+1/t47-,50+,51+,52-,56+/m1/s1. The van der Waals surface area contributed by atoms with Gasteiger partial charge in [0.25, 0.3) is 5.91 Å². The van der Waals surface area contributed by atoms with E-state index in [9.17, 15) is 49.4 Å². The van der Waals surface area contributed by atoms with Crippen LogP contribution in [0.3, 0.4) is 0 Å². The maximum absolute atomic E-state index is 13.4. The zero-order chi connectivity index (χ0) is 55.1. The van der Waals surface area contributed by atoms with Gasteiger partial charge in [-0.05, 0) is 67.3 Å². The number of phosphoric acid groups is 1. The highest BCUT2D eigenvalue weighted by Gasteiger charge is 2.45. The summed E-state index contributed by atoms with van der Waals surface area (Å²) in [4.78, 5) is 52.3. The van der Waals surface area contributed by atoms with E-state index in [1.807, 2.05) is 74.1 Å². The quantitative estimate of drug-likeness (QED) is 0.0104. The van der Waals surface area contributed by atoms with Gasteiger partial charge < -0.3 is 59.9 Å². The second-order valence-corrected chi connectivity index (χ2v) is 21.2. The number of benzene rings is 4. The Kier molecular flexibility index (Phi) is 22.0. The van der Waals surface area contributed by atoms with Crippen molar-refractivity contribution in [2.24, 2.45) is 0 Å². The largest absolute Gasteiger partial charge is 0.478 e. The van der Waals surface area contributed by atoms with E-state index in [0.717, 1.165) is 36.7 Å². The van der Waals surface area contributed by atoms with E-state index < -0.39 is 63.6 Å². The molecule has 414 valence electrons. The number of hydrogen-bond acceptors (Lipinski definition) is 14. The fraction of sp³-hybridized carbons (Fsp3) is 0.500. The average Bonchev–Trinajstić information content (AvgIpc) is 3.44. The Bertz CT molecular complexity index is 2870. The third-order valence-electron chi connectivity index (χ3n) is 13.6. The normalized spacial score (nSPS) is 18.3. The fourth-order valence-electron chi connectivity index (χ4n) is 9.12. The predicted octanol–water partition coefficient (Wildman–Crippen LogP) is 7.58. The SMILES string of the molecule is CCCCCCCCCCCCCC(=O)Nc1ccc(C)c(COP(=O)(O)OCCCNC(=O)c2ccc(-c3c4ccc(=[N+](C)C)cc-4oc4cc(N(C)C)ccc34)c(C(=O)O)c2)c1O[C@@H]1O[C@H](CO)[C@H](O)[C@H](O)[C@H]1O. The highest BCUT2D eigenvalue weighted by Crippen LogP contribution is 2.47. The smallest absolute Gasteiger partial charge is 0.472 e. The van der Waals surface area contributed by atoms with E-state index in [1.165, 1.54) is 50.7 Å². The van der Waals surface area contributed by atoms with Crippen molar-refractivity contribution in [1.29, 1.82) is 0 Å². The van der Waals surface area contributed by atoms with E-state index in [-0.39, 0.29) is 60.0 Å². The van der Waals surface area contributed by atoms with Crippen molar-refractivity contribution in [2.45, 2.75) is 135 Å². The molecule has 0 spiro atoms. The number of amides is 2. The number of rotatable bonds is 28. The number of fused-ring (bicyclic) bond motifs is 2. The number of carbonyl (C=O) groups excluding carboxylic acids is 2. The third-order valence-corrected chi connectivity index (χ3v) is 14.6. The van der Waals surface area contributed by atoms with Crippen LogP contribution in [0.2, 0.25) is 0 Å². The van der Waals surface area contributed by atoms with Gasteiger partial charge in [0.15, 0.2) is 5.75 Å². The van der Waals surface area contributed by atoms with Crippen LogP contribution in [0.15, 0.2) is 71.1 Å². The molecule has 8 N–H and O–H groups in total. The van der Waals surface area contributed by atoms with Crippen LogP contribution < -0.4 is 30.2 Å². The number of unbranched alkanes of at least 4 members (excludes halogenated alkanes) is 10. The molecular formula is C56H76N4O15P+. The summed E-state index contributed by atoms with van der Waals surface area (Å²) in [5.74, 6) is -1.74. The number of phosphoric ester groups is 1. The Hall–Kier alpha value is -5.73. The molecule has 2 aliphatic heterocycles. The Labute approximate surface area is 444 Å². The van der Waals surface area contributed by atoms with E-state index in [2.05, 4.69) is 17.6 Å². The number of nitrogens with one attached hydrogen (secondary N) is 2. The molecule has 6 rings (SSSR count). The summed E-state index contributed by atoms with van der Waals surface area (Å²) in [5, 5.41) is 59.2. The maximum Gasteiger partial charge on any atom is 0.472 e. The number of carboxylic acids is 1. The maximum atomic E-state index is 13.4. The average molecular weight is 1080 g/mol. The van der Waals surface area contributed by atoms with E-state index in [1.54, 1.807) is 25.1 Å². The van der Waals surface area contributed by atoms with Gasteiger partial charge in [-0.3, -0.25) is 18.6 Å². The third kappa shape index (κ3) is 15.7. The molecule has 0 bridgehead atoms. The van der Waals surface area contributed by atoms with E-state index in [0.29, 0.717) is 45.4 Å². The van der Waals surface area contributed by atoms with Crippen LogP contribution >= 0.6 is 7.82 Å². The number of anilines is 2. The molecule has 3 aromatic rings. The molecule has 3 aromatic carbocycles. The van der Waals surface area contributed by atoms with Gasteiger partial charge in [0.2, 0.25) is 17.6 Å². The van der Waals surface area contributed by atoms with Gasteiger partial charge in [0.05, 0.1) is 37.1 Å². The zero-order valence-electron chi connectivity index (χ0n) is 44.5. The van der Waals surface area contributed by atoms with Crippen molar-refractivity contribution in [3.05, 3.63) is 94.3 Å². The van der Waals surface area contributed by atoms with Crippen LogP contribution in [-0.2, 0) is 29.8 Å². The lowest BCUT2D eigenvalue weighted by Gasteiger charge is -2.40. The Morgan fingerprint density at radius 2 is 1.49 bits per heavy atom. The Balaban J connectivity index is 1.09. The number of hydrogen-bond donors (Lipinski definition) is 8. The van der Waals surface area contributed by atoms with Crippen LogP contribution in [0.25, 0.3) is 33.4 Å². The van der Waals surface area contributed by atoms with Crippen LogP contribution in [0.5, 0.6) is 5.75 Å². The first kappa shape index (κ1) is 59.5. The van der Waals surface area contributed by atoms with Gasteiger partial charge in [0.1, 0.15) is 49.9 Å². The summed E-state index contributed by atoms with van der Waals surface area (Å²) < 4.78 is 44.0. The Morgan fingerprint density at radius 3 is 2.14 bits per heavy atom. The molecule has 6 atom stereocenters. The molecule has 76 heavy (non-hydrogen) atoms. The number of aromatic carboxylic acids is 1. The highest BCUT2D eigenvalue weighted by atomic mass is 31.2. The second kappa shape index (κ2) is 28.1. The van der Waals surface area contributed by atoms with Crippen molar-refractivity contribution in [2.75, 3.05) is 58.2 Å². The molecule has 1 unspecified atom stereocenters. The fourth-order valence-corrected chi connectivity index (χ4v) is 9.84. The first-order chi connectivity index (χ1) is 36.3. The van der Waals surface area contributed by atoms with Crippen molar-refractivity contribution >= 4 is 48.0 Å². The number of nitrogens with zero attached hydrogens (tertiary/aromatic N) is 2. The number of aryl methyl sites for hydroxylation is 1. The molecule has 2 amide bonds. The first-order valence-electron chi connectivity index (χ1n) is 26.2. The number of ether oxygens (including phenoxy) is 2. The molecule has 1 fully saturated rings. The molecule has 1 aliphatic carbocycles. The van der Waals surface area contributed by atoms with Crippen molar-refractivity contribution in [3.8, 4) is 28.2 Å². The molecule has 19 nitrogen and oxygen atoms in total. The molecule has 2 heterocycles. The molecule has 0 aromatic heterocycles. The summed E-state index contributed by atoms with van der Waals surface area (Å²) in [5.41, 5.74) is 3.82. The summed E-state index contributed by atoms with van der Waals surface area (Å²) >= 11 is 0. The lowest BCUT2D eigenvalue weighted by molar-refractivity contribution is -0.277. The predicted molar refractivity (Wildman–Crippen MR) is 289 cm³/mol. The number of aliphatic hydroxyl groups is 4. The van der Waals surface area contributed by atoms with Crippen LogP contribution in [0.4, 0.5) is 11.4 Å². The lowest BCUT2D eigenvalue weighted by Crippen LogP contribution is -2.60. The van der Waals surface area contributed by atoms with Crippen LogP contribution in [0.1, 0.15) is 122 Å². The van der Waals surface area contributed by atoms with Gasteiger partial charge in [-0.15, -0.1) is 0 Å².